The fourth-order valence-corrected chi connectivity index (χ4v) is 1.62. The molecule has 0 amide bonds. The van der Waals surface area contributed by atoms with E-state index in [0.717, 1.165) is 16.7 Å². The third kappa shape index (κ3) is 2.65. The maximum Gasteiger partial charge on any atom is 0.319 e. The van der Waals surface area contributed by atoms with Crippen LogP contribution in [0.15, 0.2) is 34.7 Å². The largest absolute Gasteiger partial charge is 0.468 e. The SMILES string of the molecule is COC(=O)CNC(C)c1cc2ccccc2o1. The van der Waals surface area contributed by atoms with Crippen LogP contribution in [0.4, 0.5) is 0 Å². The Labute approximate surface area is 99.6 Å². The number of rotatable bonds is 4. The van der Waals surface area contributed by atoms with E-state index in [-0.39, 0.29) is 18.6 Å². The van der Waals surface area contributed by atoms with Crippen LogP contribution in [0.2, 0.25) is 0 Å². The van der Waals surface area contributed by atoms with E-state index >= 15 is 0 Å². The number of hydrogen-bond acceptors (Lipinski definition) is 4. The van der Waals surface area contributed by atoms with Gasteiger partial charge in [-0.05, 0) is 19.1 Å². The zero-order valence-electron chi connectivity index (χ0n) is 9.90. The number of carbonyl (C=O) groups excluding carboxylic acids is 1. The van der Waals surface area contributed by atoms with Gasteiger partial charge in [-0.25, -0.2) is 0 Å². The minimum Gasteiger partial charge on any atom is -0.468 e. The third-order valence-corrected chi connectivity index (χ3v) is 2.65. The van der Waals surface area contributed by atoms with Crippen LogP contribution in [0.25, 0.3) is 11.0 Å². The maximum absolute atomic E-state index is 11.0. The van der Waals surface area contributed by atoms with E-state index < -0.39 is 0 Å². The molecule has 1 heterocycles. The van der Waals surface area contributed by atoms with Crippen molar-refractivity contribution in [3.8, 4) is 0 Å². The van der Waals surface area contributed by atoms with Gasteiger partial charge in [0.2, 0.25) is 0 Å². The van der Waals surface area contributed by atoms with Gasteiger partial charge < -0.3 is 9.15 Å². The van der Waals surface area contributed by atoms with Gasteiger partial charge >= 0.3 is 5.97 Å². The first kappa shape index (κ1) is 11.7. The fraction of sp³-hybridized carbons (Fsp3) is 0.308. The molecule has 2 aromatic rings. The summed E-state index contributed by atoms with van der Waals surface area (Å²) in [7, 11) is 1.37. The highest BCUT2D eigenvalue weighted by Crippen LogP contribution is 2.23. The molecule has 17 heavy (non-hydrogen) atoms. The van der Waals surface area contributed by atoms with Crippen molar-refractivity contribution in [2.45, 2.75) is 13.0 Å². The molecule has 0 saturated carbocycles. The highest BCUT2D eigenvalue weighted by Gasteiger charge is 2.12. The minimum absolute atomic E-state index is 0.0264. The van der Waals surface area contributed by atoms with E-state index in [1.54, 1.807) is 0 Å². The summed E-state index contributed by atoms with van der Waals surface area (Å²) in [5.41, 5.74) is 0.856. The number of carbonyl (C=O) groups is 1. The van der Waals surface area contributed by atoms with Crippen LogP contribution in [0.3, 0.4) is 0 Å². The Balaban J connectivity index is 2.08. The number of fused-ring (bicyclic) bond motifs is 1. The van der Waals surface area contributed by atoms with Crippen LogP contribution in [0.1, 0.15) is 18.7 Å². The van der Waals surface area contributed by atoms with Crippen molar-refractivity contribution < 1.29 is 13.9 Å². The summed E-state index contributed by atoms with van der Waals surface area (Å²) in [6.45, 7) is 2.12. The van der Waals surface area contributed by atoms with Gasteiger partial charge in [-0.1, -0.05) is 18.2 Å². The van der Waals surface area contributed by atoms with Crippen LogP contribution in [-0.2, 0) is 9.53 Å². The molecular weight excluding hydrogens is 218 g/mol. The molecule has 1 aromatic carbocycles. The van der Waals surface area contributed by atoms with E-state index in [4.69, 9.17) is 4.42 Å². The van der Waals surface area contributed by atoms with Gasteiger partial charge in [-0.15, -0.1) is 0 Å². The third-order valence-electron chi connectivity index (χ3n) is 2.65. The molecule has 0 aliphatic carbocycles. The molecule has 0 saturated heterocycles. The Kier molecular flexibility index (Phi) is 3.44. The van der Waals surface area contributed by atoms with Crippen LogP contribution < -0.4 is 5.32 Å². The Morgan fingerprint density at radius 1 is 1.47 bits per heavy atom. The number of ether oxygens (including phenoxy) is 1. The van der Waals surface area contributed by atoms with Crippen LogP contribution in [-0.4, -0.2) is 19.6 Å². The molecular formula is C13H15NO3. The normalized spacial score (nSPS) is 12.6. The standard InChI is InChI=1S/C13H15NO3/c1-9(14-8-13(15)16-2)12-7-10-5-3-4-6-11(10)17-12/h3-7,9,14H,8H2,1-2H3. The van der Waals surface area contributed by atoms with Gasteiger partial charge in [0.1, 0.15) is 11.3 Å². The number of furan rings is 1. The molecule has 1 aromatic heterocycles. The van der Waals surface area contributed by atoms with Gasteiger partial charge in [0.05, 0.1) is 19.7 Å². The van der Waals surface area contributed by atoms with Crippen molar-refractivity contribution in [1.82, 2.24) is 5.32 Å². The summed E-state index contributed by atoms with van der Waals surface area (Å²) in [4.78, 5) is 11.0. The Bertz CT molecular complexity index is 485. The Morgan fingerprint density at radius 2 is 2.24 bits per heavy atom. The second-order valence-corrected chi connectivity index (χ2v) is 3.87. The molecule has 4 nitrogen and oxygen atoms in total. The van der Waals surface area contributed by atoms with Crippen LogP contribution >= 0.6 is 0 Å². The molecule has 1 N–H and O–H groups in total. The lowest BCUT2D eigenvalue weighted by atomic mass is 10.2. The molecule has 0 bridgehead atoms. The zero-order chi connectivity index (χ0) is 12.3. The smallest absolute Gasteiger partial charge is 0.319 e. The first-order valence-corrected chi connectivity index (χ1v) is 5.49. The molecule has 90 valence electrons. The monoisotopic (exact) mass is 233 g/mol. The van der Waals surface area contributed by atoms with E-state index in [2.05, 4.69) is 10.1 Å². The van der Waals surface area contributed by atoms with Gasteiger partial charge in [-0.3, -0.25) is 10.1 Å². The first-order chi connectivity index (χ1) is 8.20. The average molecular weight is 233 g/mol. The van der Waals surface area contributed by atoms with Crippen molar-refractivity contribution in [2.75, 3.05) is 13.7 Å². The molecule has 1 atom stereocenters. The molecule has 0 aliphatic rings. The fourth-order valence-electron chi connectivity index (χ4n) is 1.62. The van der Waals surface area contributed by atoms with Crippen molar-refractivity contribution in [3.63, 3.8) is 0 Å². The lowest BCUT2D eigenvalue weighted by Crippen LogP contribution is -2.26. The molecule has 0 aliphatic heterocycles. The summed E-state index contributed by atoms with van der Waals surface area (Å²) in [5, 5.41) is 4.11. The van der Waals surface area contributed by atoms with Crippen LogP contribution in [0.5, 0.6) is 0 Å². The summed E-state index contributed by atoms with van der Waals surface area (Å²) >= 11 is 0. The molecule has 0 fully saturated rings. The summed E-state index contributed by atoms with van der Waals surface area (Å²) in [6.07, 6.45) is 0. The number of nitrogens with one attached hydrogen (secondary N) is 1. The van der Waals surface area contributed by atoms with Gasteiger partial charge in [0, 0.05) is 5.39 Å². The lowest BCUT2D eigenvalue weighted by molar-refractivity contribution is -0.139. The summed E-state index contributed by atoms with van der Waals surface area (Å²) < 4.78 is 10.2. The number of hydrogen-bond donors (Lipinski definition) is 1. The molecule has 4 heteroatoms. The molecule has 0 spiro atoms. The Morgan fingerprint density at radius 3 is 2.94 bits per heavy atom. The number of benzene rings is 1. The van der Waals surface area contributed by atoms with Crippen LogP contribution in [0, 0.1) is 0 Å². The first-order valence-electron chi connectivity index (χ1n) is 5.49. The topological polar surface area (TPSA) is 51.5 Å². The van der Waals surface area contributed by atoms with Crippen molar-refractivity contribution in [3.05, 3.63) is 36.1 Å². The number of esters is 1. The predicted molar refractivity (Wildman–Crippen MR) is 64.6 cm³/mol. The van der Waals surface area contributed by atoms with E-state index in [0.29, 0.717) is 0 Å². The average Bonchev–Trinajstić information content (AvgIpc) is 2.79. The highest BCUT2D eigenvalue weighted by atomic mass is 16.5. The zero-order valence-corrected chi connectivity index (χ0v) is 9.90. The summed E-state index contributed by atoms with van der Waals surface area (Å²) in [5.74, 6) is 0.531. The second-order valence-electron chi connectivity index (χ2n) is 3.87. The van der Waals surface area contributed by atoms with Gasteiger partial charge in [-0.2, -0.15) is 0 Å². The number of para-hydroxylation sites is 1. The predicted octanol–water partition coefficient (Wildman–Crippen LogP) is 2.26. The Hall–Kier alpha value is -1.81. The van der Waals surface area contributed by atoms with Crippen molar-refractivity contribution >= 4 is 16.9 Å². The minimum atomic E-state index is -0.284. The lowest BCUT2D eigenvalue weighted by Gasteiger charge is -2.09. The molecule has 2 rings (SSSR count). The molecule has 0 radical (unpaired) electrons. The van der Waals surface area contributed by atoms with Crippen molar-refractivity contribution in [2.24, 2.45) is 0 Å². The molecule has 1 unspecified atom stereocenters. The maximum atomic E-state index is 11.0. The van der Waals surface area contributed by atoms with Crippen molar-refractivity contribution in [1.29, 1.82) is 0 Å². The number of methoxy groups -OCH3 is 1. The highest BCUT2D eigenvalue weighted by molar-refractivity contribution is 5.77. The quantitative estimate of drug-likeness (QED) is 0.823. The van der Waals surface area contributed by atoms with E-state index in [9.17, 15) is 4.79 Å². The van der Waals surface area contributed by atoms with Gasteiger partial charge in [0.15, 0.2) is 0 Å². The summed E-state index contributed by atoms with van der Waals surface area (Å²) in [6, 6.07) is 9.77. The second kappa shape index (κ2) is 5.01. The van der Waals surface area contributed by atoms with E-state index in [1.165, 1.54) is 7.11 Å². The van der Waals surface area contributed by atoms with Gasteiger partial charge in [0.25, 0.3) is 0 Å². The van der Waals surface area contributed by atoms with E-state index in [1.807, 2.05) is 37.3 Å².